The number of benzene rings is 2. The van der Waals surface area contributed by atoms with Crippen molar-refractivity contribution in [3.05, 3.63) is 41.6 Å². The fraction of sp³-hybridized carbons (Fsp3) is 0.333. The summed E-state index contributed by atoms with van der Waals surface area (Å²) in [6.07, 6.45) is 0.715. The average molecular weight is 504 g/mol. The van der Waals surface area contributed by atoms with Crippen molar-refractivity contribution in [1.29, 1.82) is 0 Å². The van der Waals surface area contributed by atoms with Gasteiger partial charge < -0.3 is 23.7 Å². The quantitative estimate of drug-likeness (QED) is 0.285. The van der Waals surface area contributed by atoms with Crippen LogP contribution in [-0.2, 0) is 10.1 Å². The first-order chi connectivity index (χ1) is 15.5. The Hall–Kier alpha value is -3.00. The van der Waals surface area contributed by atoms with Gasteiger partial charge in [-0.1, -0.05) is 28.9 Å². The predicted octanol–water partition coefficient (Wildman–Crippen LogP) is 5.40. The molecule has 0 radical (unpaired) electrons. The summed E-state index contributed by atoms with van der Waals surface area (Å²) in [6, 6.07) is 9.13. The van der Waals surface area contributed by atoms with Crippen LogP contribution < -0.4 is 18.9 Å². The van der Waals surface area contributed by atoms with E-state index in [-0.39, 0.29) is 0 Å². The van der Waals surface area contributed by atoms with Crippen LogP contribution in [0.3, 0.4) is 0 Å². The van der Waals surface area contributed by atoms with Crippen molar-refractivity contribution in [3.8, 4) is 34.1 Å². The van der Waals surface area contributed by atoms with E-state index in [0.29, 0.717) is 63.7 Å². The molecule has 0 unspecified atom stereocenters. The van der Waals surface area contributed by atoms with Crippen molar-refractivity contribution in [2.45, 2.75) is 18.7 Å². The zero-order valence-electron chi connectivity index (χ0n) is 18.8. The van der Waals surface area contributed by atoms with Gasteiger partial charge in [-0.05, 0) is 30.2 Å². The molecule has 8 heteroatoms. The van der Waals surface area contributed by atoms with Gasteiger partial charge in [-0.25, -0.2) is 4.79 Å². The fourth-order valence-electron chi connectivity index (χ4n) is 3.52. The van der Waals surface area contributed by atoms with Crippen LogP contribution in [0.15, 0.2) is 30.3 Å². The number of halogens is 1. The molecule has 3 aromatic rings. The second kappa shape index (κ2) is 10.5. The highest BCUT2D eigenvalue weighted by Crippen LogP contribution is 2.42. The van der Waals surface area contributed by atoms with E-state index >= 15 is 0 Å². The predicted molar refractivity (Wildman–Crippen MR) is 127 cm³/mol. The average Bonchev–Trinajstić information content (AvgIpc) is 2.84. The van der Waals surface area contributed by atoms with Crippen molar-refractivity contribution in [2.24, 2.45) is 0 Å². The Morgan fingerprint density at radius 1 is 0.906 bits per heavy atom. The molecule has 7 nitrogen and oxygen atoms in total. The molecule has 0 spiro atoms. The summed E-state index contributed by atoms with van der Waals surface area (Å²) in [4.78, 5) is 17.9. The van der Waals surface area contributed by atoms with Crippen molar-refractivity contribution in [2.75, 3.05) is 35.0 Å². The van der Waals surface area contributed by atoms with Gasteiger partial charge in [0.1, 0.15) is 0 Å². The van der Waals surface area contributed by atoms with Crippen LogP contribution in [-0.4, -0.2) is 46.0 Å². The Morgan fingerprint density at radius 3 is 2.12 bits per heavy atom. The van der Waals surface area contributed by atoms with E-state index in [0.717, 1.165) is 10.9 Å². The first kappa shape index (κ1) is 23.7. The lowest BCUT2D eigenvalue weighted by molar-refractivity contribution is 0.0504. The topological polar surface area (TPSA) is 76.1 Å². The highest BCUT2D eigenvalue weighted by Gasteiger charge is 2.25. The molecule has 32 heavy (non-hydrogen) atoms. The summed E-state index contributed by atoms with van der Waals surface area (Å²) in [5, 5.41) is 1.09. The smallest absolute Gasteiger partial charge is 0.340 e. The maximum Gasteiger partial charge on any atom is 0.340 e. The minimum Gasteiger partial charge on any atom is -0.493 e. The fourth-order valence-corrected chi connectivity index (χ4v) is 3.92. The number of nitrogens with zero attached hydrogens (tertiary/aromatic N) is 1. The zero-order chi connectivity index (χ0) is 23.3. The van der Waals surface area contributed by atoms with Gasteiger partial charge in [0.15, 0.2) is 23.0 Å². The van der Waals surface area contributed by atoms with Gasteiger partial charge in [-0.3, -0.25) is 4.98 Å². The van der Waals surface area contributed by atoms with E-state index < -0.39 is 5.97 Å². The molecule has 0 fully saturated rings. The summed E-state index contributed by atoms with van der Waals surface area (Å²) in [5.41, 5.74) is 3.05. The van der Waals surface area contributed by atoms with Crippen molar-refractivity contribution >= 4 is 32.8 Å². The standard InChI is InChI=1S/C24H26BrNO6/c1-6-9-32-24(27)23-17(13-25)26-16-12-21(31-5)20(30-4)11-15(16)22(23)14-7-8-18(28-2)19(10-14)29-3/h7-8,10-12H,6,9,13H2,1-5H3. The maximum absolute atomic E-state index is 13.2. The first-order valence-electron chi connectivity index (χ1n) is 10.1. The van der Waals surface area contributed by atoms with Crippen LogP contribution in [0.5, 0.6) is 23.0 Å². The number of hydrogen-bond acceptors (Lipinski definition) is 7. The largest absolute Gasteiger partial charge is 0.493 e. The van der Waals surface area contributed by atoms with Gasteiger partial charge in [0, 0.05) is 22.3 Å². The lowest BCUT2D eigenvalue weighted by Gasteiger charge is -2.18. The van der Waals surface area contributed by atoms with Crippen LogP contribution in [0, 0.1) is 0 Å². The number of alkyl halides is 1. The van der Waals surface area contributed by atoms with E-state index in [1.807, 2.05) is 25.1 Å². The molecular weight excluding hydrogens is 478 g/mol. The molecule has 3 rings (SSSR count). The summed E-state index contributed by atoms with van der Waals surface area (Å²) in [6.45, 7) is 2.26. The highest BCUT2D eigenvalue weighted by molar-refractivity contribution is 9.08. The number of methoxy groups -OCH3 is 4. The molecule has 1 heterocycles. The second-order valence-electron chi connectivity index (χ2n) is 6.87. The maximum atomic E-state index is 13.2. The number of hydrogen-bond donors (Lipinski definition) is 0. The van der Waals surface area contributed by atoms with Gasteiger partial charge in [0.2, 0.25) is 0 Å². The molecule has 2 aromatic carbocycles. The molecule has 0 atom stereocenters. The number of pyridine rings is 1. The van der Waals surface area contributed by atoms with Gasteiger partial charge in [-0.2, -0.15) is 0 Å². The van der Waals surface area contributed by atoms with Gasteiger partial charge in [-0.15, -0.1) is 0 Å². The Bertz CT molecular complexity index is 1130. The third-order valence-corrected chi connectivity index (χ3v) is 5.54. The molecule has 170 valence electrons. The molecule has 0 bridgehead atoms. The molecule has 0 saturated carbocycles. The lowest BCUT2D eigenvalue weighted by atomic mass is 9.93. The first-order valence-corrected chi connectivity index (χ1v) is 11.2. The molecular formula is C24H26BrNO6. The van der Waals surface area contributed by atoms with Crippen molar-refractivity contribution in [3.63, 3.8) is 0 Å². The molecule has 1 aromatic heterocycles. The van der Waals surface area contributed by atoms with E-state index in [9.17, 15) is 4.79 Å². The number of carbonyl (C=O) groups is 1. The number of aromatic nitrogens is 1. The number of fused-ring (bicyclic) bond motifs is 1. The van der Waals surface area contributed by atoms with E-state index in [2.05, 4.69) is 15.9 Å². The lowest BCUT2D eigenvalue weighted by Crippen LogP contribution is -2.12. The molecule has 0 amide bonds. The normalized spacial score (nSPS) is 10.7. The van der Waals surface area contributed by atoms with Crippen LogP contribution >= 0.6 is 15.9 Å². The van der Waals surface area contributed by atoms with Gasteiger partial charge >= 0.3 is 5.97 Å². The number of carbonyl (C=O) groups excluding carboxylic acids is 1. The highest BCUT2D eigenvalue weighted by atomic mass is 79.9. The van der Waals surface area contributed by atoms with Gasteiger partial charge in [0.05, 0.1) is 51.8 Å². The molecule has 0 aliphatic heterocycles. The number of rotatable bonds is 9. The molecule has 0 saturated heterocycles. The molecule has 0 aliphatic rings. The third kappa shape index (κ3) is 4.46. The zero-order valence-corrected chi connectivity index (χ0v) is 20.4. The minimum absolute atomic E-state index is 0.315. The number of ether oxygens (including phenoxy) is 5. The van der Waals surface area contributed by atoms with Crippen LogP contribution in [0.2, 0.25) is 0 Å². The monoisotopic (exact) mass is 503 g/mol. The Kier molecular flexibility index (Phi) is 7.80. The summed E-state index contributed by atoms with van der Waals surface area (Å²) < 4.78 is 27.4. The van der Waals surface area contributed by atoms with E-state index in [1.54, 1.807) is 40.6 Å². The van der Waals surface area contributed by atoms with E-state index in [4.69, 9.17) is 28.7 Å². The number of esters is 1. The van der Waals surface area contributed by atoms with E-state index in [1.165, 1.54) is 0 Å². The van der Waals surface area contributed by atoms with Crippen LogP contribution in [0.1, 0.15) is 29.4 Å². The molecule has 0 N–H and O–H groups in total. The van der Waals surface area contributed by atoms with Crippen LogP contribution in [0.4, 0.5) is 0 Å². The van der Waals surface area contributed by atoms with Crippen molar-refractivity contribution in [1.82, 2.24) is 4.98 Å². The summed E-state index contributed by atoms with van der Waals surface area (Å²) in [5.74, 6) is 1.78. The summed E-state index contributed by atoms with van der Waals surface area (Å²) >= 11 is 3.48. The van der Waals surface area contributed by atoms with Crippen molar-refractivity contribution < 1.29 is 28.5 Å². The molecule has 0 aliphatic carbocycles. The second-order valence-corrected chi connectivity index (χ2v) is 7.43. The van der Waals surface area contributed by atoms with Crippen LogP contribution in [0.25, 0.3) is 22.0 Å². The van der Waals surface area contributed by atoms with Gasteiger partial charge in [0.25, 0.3) is 0 Å². The Morgan fingerprint density at radius 2 is 1.53 bits per heavy atom. The third-order valence-electron chi connectivity index (χ3n) is 5.01. The Balaban J connectivity index is 2.43. The summed E-state index contributed by atoms with van der Waals surface area (Å²) in [7, 11) is 6.28. The minimum atomic E-state index is -0.435. The SMILES string of the molecule is CCCOC(=O)c1c(CBr)nc2cc(OC)c(OC)cc2c1-c1ccc(OC)c(OC)c1. The Labute approximate surface area is 195 Å².